The molecule has 3 heteroatoms. The second-order valence-corrected chi connectivity index (χ2v) is 5.50. The van der Waals surface area contributed by atoms with Gasteiger partial charge in [-0.1, -0.05) is 48.5 Å². The number of benzene rings is 2. The average molecular weight is 285 g/mol. The summed E-state index contributed by atoms with van der Waals surface area (Å²) in [6.07, 6.45) is -0.530. The Kier molecular flexibility index (Phi) is 5.78. The minimum atomic E-state index is -0.530. The highest BCUT2D eigenvalue weighted by Crippen LogP contribution is 2.23. The Labute approximate surface area is 126 Å². The molecule has 0 aliphatic heterocycles. The quantitative estimate of drug-likeness (QED) is 0.849. The monoisotopic (exact) mass is 285 g/mol. The molecule has 1 N–H and O–H groups in total. The molecule has 0 aliphatic carbocycles. The van der Waals surface area contributed by atoms with Gasteiger partial charge in [0.2, 0.25) is 0 Å². The Morgan fingerprint density at radius 1 is 0.952 bits per heavy atom. The first-order valence-corrected chi connectivity index (χ1v) is 7.22. The van der Waals surface area contributed by atoms with E-state index in [0.717, 1.165) is 17.9 Å². The first-order valence-electron chi connectivity index (χ1n) is 7.22. The van der Waals surface area contributed by atoms with Gasteiger partial charge in [-0.15, -0.1) is 0 Å². The van der Waals surface area contributed by atoms with Crippen LogP contribution >= 0.6 is 0 Å². The molecule has 0 radical (unpaired) electrons. The zero-order valence-electron chi connectivity index (χ0n) is 12.6. The van der Waals surface area contributed by atoms with E-state index in [4.69, 9.17) is 4.74 Å². The van der Waals surface area contributed by atoms with Crippen molar-refractivity contribution in [3.05, 3.63) is 66.2 Å². The molecule has 0 aliphatic rings. The number of aliphatic hydroxyl groups is 1. The summed E-state index contributed by atoms with van der Waals surface area (Å²) < 4.78 is 5.82. The van der Waals surface area contributed by atoms with E-state index in [1.54, 1.807) is 0 Å². The highest BCUT2D eigenvalue weighted by Gasteiger charge is 2.22. The van der Waals surface area contributed by atoms with Crippen molar-refractivity contribution in [2.45, 2.75) is 6.10 Å². The Morgan fingerprint density at radius 2 is 1.52 bits per heavy atom. The lowest BCUT2D eigenvalue weighted by Gasteiger charge is -2.26. The lowest BCUT2D eigenvalue weighted by atomic mass is 9.96. The zero-order chi connectivity index (χ0) is 15.1. The molecular weight excluding hydrogens is 262 g/mol. The van der Waals surface area contributed by atoms with Gasteiger partial charge < -0.3 is 14.7 Å². The molecular formula is C18H23NO2. The van der Waals surface area contributed by atoms with Gasteiger partial charge in [-0.2, -0.15) is 0 Å². The molecule has 0 amide bonds. The highest BCUT2D eigenvalue weighted by atomic mass is 16.5. The normalized spacial score (nSPS) is 13.9. The van der Waals surface area contributed by atoms with Crippen molar-refractivity contribution in [3.63, 3.8) is 0 Å². The zero-order valence-corrected chi connectivity index (χ0v) is 12.6. The van der Waals surface area contributed by atoms with E-state index >= 15 is 0 Å². The largest absolute Gasteiger partial charge is 0.493 e. The van der Waals surface area contributed by atoms with E-state index in [0.29, 0.717) is 6.61 Å². The lowest BCUT2D eigenvalue weighted by molar-refractivity contribution is 0.0584. The molecule has 112 valence electrons. The van der Waals surface area contributed by atoms with E-state index in [1.807, 2.05) is 74.8 Å². The summed E-state index contributed by atoms with van der Waals surface area (Å²) in [7, 11) is 4.01. The Balaban J connectivity index is 2.03. The summed E-state index contributed by atoms with van der Waals surface area (Å²) in [4.78, 5) is 2.07. The number of ether oxygens (including phenoxy) is 1. The van der Waals surface area contributed by atoms with Crippen LogP contribution < -0.4 is 4.74 Å². The molecule has 0 aromatic heterocycles. The van der Waals surface area contributed by atoms with Crippen molar-refractivity contribution >= 4 is 0 Å². The predicted octanol–water partition coefficient (Wildman–Crippen LogP) is 2.98. The molecule has 2 atom stereocenters. The third kappa shape index (κ3) is 4.88. The predicted molar refractivity (Wildman–Crippen MR) is 85.4 cm³/mol. The number of hydrogen-bond acceptors (Lipinski definition) is 3. The number of nitrogens with zero attached hydrogens (tertiary/aromatic N) is 1. The van der Waals surface area contributed by atoms with Crippen molar-refractivity contribution < 1.29 is 9.84 Å². The Morgan fingerprint density at radius 3 is 2.10 bits per heavy atom. The fraction of sp³-hybridized carbons (Fsp3) is 0.333. The standard InChI is InChI=1S/C18H23NO2/c1-19(2)13-16(14-21-17-11-7-4-8-12-17)18(20)15-9-5-3-6-10-15/h3-12,16,18,20H,13-14H2,1-2H3. The third-order valence-electron chi connectivity index (χ3n) is 3.39. The molecule has 0 bridgehead atoms. The van der Waals surface area contributed by atoms with Crippen LogP contribution in [-0.2, 0) is 0 Å². The lowest BCUT2D eigenvalue weighted by Crippen LogP contribution is -2.31. The van der Waals surface area contributed by atoms with Gasteiger partial charge in [0, 0.05) is 12.5 Å². The minimum Gasteiger partial charge on any atom is -0.493 e. The van der Waals surface area contributed by atoms with Crippen LogP contribution in [0.1, 0.15) is 11.7 Å². The molecule has 0 saturated carbocycles. The summed E-state index contributed by atoms with van der Waals surface area (Å²) in [6.45, 7) is 1.25. The first kappa shape index (κ1) is 15.5. The van der Waals surface area contributed by atoms with Crippen LogP contribution in [0.5, 0.6) is 5.75 Å². The molecule has 0 fully saturated rings. The van der Waals surface area contributed by atoms with Crippen LogP contribution in [0.2, 0.25) is 0 Å². The summed E-state index contributed by atoms with van der Waals surface area (Å²) in [5, 5.41) is 10.6. The Hall–Kier alpha value is -1.84. The second kappa shape index (κ2) is 7.81. The van der Waals surface area contributed by atoms with E-state index < -0.39 is 6.10 Å². The van der Waals surface area contributed by atoms with Gasteiger partial charge in [-0.3, -0.25) is 0 Å². The maximum Gasteiger partial charge on any atom is 0.119 e. The van der Waals surface area contributed by atoms with Crippen LogP contribution in [-0.4, -0.2) is 37.3 Å². The van der Waals surface area contributed by atoms with Gasteiger partial charge in [0.15, 0.2) is 0 Å². The molecule has 21 heavy (non-hydrogen) atoms. The van der Waals surface area contributed by atoms with Gasteiger partial charge in [-0.25, -0.2) is 0 Å². The maximum absolute atomic E-state index is 10.6. The summed E-state index contributed by atoms with van der Waals surface area (Å²) in [5.41, 5.74) is 0.931. The molecule has 2 aromatic rings. The highest BCUT2D eigenvalue weighted by molar-refractivity contribution is 5.21. The number of para-hydroxylation sites is 1. The summed E-state index contributed by atoms with van der Waals surface area (Å²) in [5.74, 6) is 0.851. The molecule has 3 nitrogen and oxygen atoms in total. The van der Waals surface area contributed by atoms with Crippen LogP contribution in [0.15, 0.2) is 60.7 Å². The van der Waals surface area contributed by atoms with Crippen molar-refractivity contribution in [2.24, 2.45) is 5.92 Å². The van der Waals surface area contributed by atoms with Gasteiger partial charge in [0.1, 0.15) is 5.75 Å². The fourth-order valence-corrected chi connectivity index (χ4v) is 2.36. The topological polar surface area (TPSA) is 32.7 Å². The molecule has 0 spiro atoms. The van der Waals surface area contributed by atoms with Crippen molar-refractivity contribution in [2.75, 3.05) is 27.2 Å². The van der Waals surface area contributed by atoms with Crippen molar-refractivity contribution in [1.29, 1.82) is 0 Å². The SMILES string of the molecule is CN(C)CC(COc1ccccc1)C(O)c1ccccc1. The molecule has 2 aromatic carbocycles. The Bertz CT molecular complexity index is 513. The number of rotatable bonds is 7. The molecule has 2 rings (SSSR count). The van der Waals surface area contributed by atoms with Gasteiger partial charge >= 0.3 is 0 Å². The van der Waals surface area contributed by atoms with E-state index in [2.05, 4.69) is 4.90 Å². The smallest absolute Gasteiger partial charge is 0.119 e. The molecule has 0 heterocycles. The average Bonchev–Trinajstić information content (AvgIpc) is 2.52. The number of hydrogen-bond donors (Lipinski definition) is 1. The van der Waals surface area contributed by atoms with E-state index in [9.17, 15) is 5.11 Å². The summed E-state index contributed by atoms with van der Waals surface area (Å²) in [6, 6.07) is 19.5. The van der Waals surface area contributed by atoms with Crippen molar-refractivity contribution in [1.82, 2.24) is 4.90 Å². The second-order valence-electron chi connectivity index (χ2n) is 5.50. The van der Waals surface area contributed by atoms with Crippen LogP contribution in [0.3, 0.4) is 0 Å². The fourth-order valence-electron chi connectivity index (χ4n) is 2.36. The van der Waals surface area contributed by atoms with Crippen LogP contribution in [0.25, 0.3) is 0 Å². The minimum absolute atomic E-state index is 0.0163. The van der Waals surface area contributed by atoms with Crippen LogP contribution in [0, 0.1) is 5.92 Å². The molecule has 0 saturated heterocycles. The first-order chi connectivity index (χ1) is 10.2. The van der Waals surface area contributed by atoms with E-state index in [-0.39, 0.29) is 5.92 Å². The number of aliphatic hydroxyl groups excluding tert-OH is 1. The van der Waals surface area contributed by atoms with Crippen LogP contribution in [0.4, 0.5) is 0 Å². The van der Waals surface area contributed by atoms with Crippen molar-refractivity contribution in [3.8, 4) is 5.75 Å². The van der Waals surface area contributed by atoms with Gasteiger partial charge in [-0.05, 0) is 31.8 Å². The maximum atomic E-state index is 10.6. The van der Waals surface area contributed by atoms with E-state index in [1.165, 1.54) is 0 Å². The third-order valence-corrected chi connectivity index (χ3v) is 3.39. The summed E-state index contributed by atoms with van der Waals surface area (Å²) >= 11 is 0. The molecule has 2 unspecified atom stereocenters. The van der Waals surface area contributed by atoms with Gasteiger partial charge in [0.05, 0.1) is 12.7 Å². The van der Waals surface area contributed by atoms with Gasteiger partial charge in [0.25, 0.3) is 0 Å².